The highest BCUT2D eigenvalue weighted by atomic mass is 35.5. The van der Waals surface area contributed by atoms with E-state index in [-0.39, 0.29) is 0 Å². The van der Waals surface area contributed by atoms with Crippen molar-refractivity contribution in [2.75, 3.05) is 19.7 Å². The average Bonchev–Trinajstić information content (AvgIpc) is 2.23. The Kier molecular flexibility index (Phi) is 5.22. The number of ether oxygens (including phenoxy) is 1. The summed E-state index contributed by atoms with van der Waals surface area (Å²) < 4.78 is 5.54. The van der Waals surface area contributed by atoms with E-state index in [9.17, 15) is 0 Å². The fourth-order valence-electron chi connectivity index (χ4n) is 1.16. The average molecular weight is 226 g/mol. The Morgan fingerprint density at radius 3 is 3.07 bits per heavy atom. The highest BCUT2D eigenvalue weighted by Crippen LogP contribution is 2.24. The second-order valence-electron chi connectivity index (χ2n) is 3.28. The van der Waals surface area contributed by atoms with Crippen molar-refractivity contribution in [2.45, 2.75) is 6.92 Å². The molecule has 0 saturated heterocycles. The summed E-state index contributed by atoms with van der Waals surface area (Å²) >= 11 is 5.97. The Morgan fingerprint density at radius 1 is 1.53 bits per heavy atom. The van der Waals surface area contributed by atoms with Gasteiger partial charge in [-0.15, -0.1) is 6.58 Å². The number of rotatable bonds is 6. The van der Waals surface area contributed by atoms with E-state index in [0.717, 1.165) is 24.4 Å². The van der Waals surface area contributed by atoms with Crippen molar-refractivity contribution in [3.63, 3.8) is 0 Å². The molecule has 0 saturated carbocycles. The first-order chi connectivity index (χ1) is 7.24. The molecule has 0 aliphatic carbocycles. The zero-order valence-corrected chi connectivity index (χ0v) is 9.68. The van der Waals surface area contributed by atoms with Crippen molar-refractivity contribution >= 4 is 11.6 Å². The summed E-state index contributed by atoms with van der Waals surface area (Å²) in [5.74, 6) is 0.747. The van der Waals surface area contributed by atoms with Crippen LogP contribution < -0.4 is 10.1 Å². The third-order valence-corrected chi connectivity index (χ3v) is 2.22. The van der Waals surface area contributed by atoms with Crippen molar-refractivity contribution in [1.29, 1.82) is 0 Å². The fraction of sp³-hybridized carbons (Fsp3) is 0.333. The van der Waals surface area contributed by atoms with E-state index < -0.39 is 0 Å². The van der Waals surface area contributed by atoms with Gasteiger partial charge in [-0.1, -0.05) is 23.7 Å². The van der Waals surface area contributed by atoms with Crippen LogP contribution >= 0.6 is 11.6 Å². The smallest absolute Gasteiger partial charge is 0.138 e. The molecule has 0 aliphatic rings. The molecule has 82 valence electrons. The molecule has 0 spiro atoms. The van der Waals surface area contributed by atoms with Gasteiger partial charge in [0.2, 0.25) is 0 Å². The molecule has 1 N–H and O–H groups in total. The molecule has 0 amide bonds. The molecule has 2 nitrogen and oxygen atoms in total. The Hall–Kier alpha value is -0.990. The SMILES string of the molecule is C=CCNCCOc1cc(C)ccc1Cl. The number of halogens is 1. The van der Waals surface area contributed by atoms with E-state index in [1.807, 2.05) is 31.2 Å². The first-order valence-electron chi connectivity index (χ1n) is 4.94. The number of nitrogens with one attached hydrogen (secondary N) is 1. The van der Waals surface area contributed by atoms with Gasteiger partial charge < -0.3 is 10.1 Å². The summed E-state index contributed by atoms with van der Waals surface area (Å²) in [6.07, 6.45) is 1.82. The summed E-state index contributed by atoms with van der Waals surface area (Å²) in [6.45, 7) is 7.82. The Bertz CT molecular complexity index is 325. The second kappa shape index (κ2) is 6.49. The van der Waals surface area contributed by atoms with Gasteiger partial charge in [0.25, 0.3) is 0 Å². The third-order valence-electron chi connectivity index (χ3n) is 1.91. The van der Waals surface area contributed by atoms with Crippen LogP contribution in [0.5, 0.6) is 5.75 Å². The third kappa shape index (κ3) is 4.36. The summed E-state index contributed by atoms with van der Waals surface area (Å²) in [6, 6.07) is 5.75. The van der Waals surface area contributed by atoms with Gasteiger partial charge in [-0.25, -0.2) is 0 Å². The lowest BCUT2D eigenvalue weighted by molar-refractivity contribution is 0.316. The van der Waals surface area contributed by atoms with Gasteiger partial charge >= 0.3 is 0 Å². The first kappa shape index (κ1) is 12.1. The molecule has 0 heterocycles. The van der Waals surface area contributed by atoms with Crippen LogP contribution in [0.3, 0.4) is 0 Å². The highest BCUT2D eigenvalue weighted by Gasteiger charge is 2.00. The molecule has 0 bridgehead atoms. The molecule has 1 rings (SSSR count). The van der Waals surface area contributed by atoms with Gasteiger partial charge in [0.1, 0.15) is 12.4 Å². The van der Waals surface area contributed by atoms with Gasteiger partial charge in [-0.2, -0.15) is 0 Å². The maximum absolute atomic E-state index is 5.97. The molecule has 0 unspecified atom stereocenters. The minimum Gasteiger partial charge on any atom is -0.491 e. The number of hydrogen-bond acceptors (Lipinski definition) is 2. The lowest BCUT2D eigenvalue weighted by Gasteiger charge is -2.08. The lowest BCUT2D eigenvalue weighted by Crippen LogP contribution is -2.20. The quantitative estimate of drug-likeness (QED) is 0.594. The van der Waals surface area contributed by atoms with Crippen molar-refractivity contribution in [1.82, 2.24) is 5.32 Å². The topological polar surface area (TPSA) is 21.3 Å². The van der Waals surface area contributed by atoms with E-state index in [2.05, 4.69) is 11.9 Å². The molecular weight excluding hydrogens is 210 g/mol. The molecule has 0 atom stereocenters. The first-order valence-corrected chi connectivity index (χ1v) is 5.32. The molecule has 0 aliphatic heterocycles. The Morgan fingerprint density at radius 2 is 2.33 bits per heavy atom. The largest absolute Gasteiger partial charge is 0.491 e. The fourth-order valence-corrected chi connectivity index (χ4v) is 1.33. The van der Waals surface area contributed by atoms with Crippen LogP contribution in [0.1, 0.15) is 5.56 Å². The van der Waals surface area contributed by atoms with Crippen molar-refractivity contribution in [3.05, 3.63) is 41.4 Å². The number of aryl methyl sites for hydroxylation is 1. The molecular formula is C12H16ClNO. The molecule has 0 radical (unpaired) electrons. The maximum Gasteiger partial charge on any atom is 0.138 e. The van der Waals surface area contributed by atoms with Crippen LogP contribution in [0, 0.1) is 6.92 Å². The van der Waals surface area contributed by atoms with Crippen molar-refractivity contribution in [3.8, 4) is 5.75 Å². The van der Waals surface area contributed by atoms with Crippen LogP contribution in [0.2, 0.25) is 5.02 Å². The number of benzene rings is 1. The molecule has 0 fully saturated rings. The van der Waals surface area contributed by atoms with Gasteiger partial charge in [-0.3, -0.25) is 0 Å². The summed E-state index contributed by atoms with van der Waals surface area (Å²) in [5, 5.41) is 3.81. The molecule has 0 aromatic heterocycles. The highest BCUT2D eigenvalue weighted by molar-refractivity contribution is 6.32. The number of hydrogen-bond donors (Lipinski definition) is 1. The van der Waals surface area contributed by atoms with Gasteiger partial charge in [0.15, 0.2) is 0 Å². The minimum absolute atomic E-state index is 0.608. The minimum atomic E-state index is 0.608. The standard InChI is InChI=1S/C12H16ClNO/c1-3-6-14-7-8-15-12-9-10(2)4-5-11(12)13/h3-5,9,14H,1,6-8H2,2H3. The Balaban J connectivity index is 2.36. The van der Waals surface area contributed by atoms with Crippen LogP contribution in [-0.2, 0) is 0 Å². The molecule has 3 heteroatoms. The zero-order chi connectivity index (χ0) is 11.1. The monoisotopic (exact) mass is 225 g/mol. The lowest BCUT2D eigenvalue weighted by atomic mass is 10.2. The van der Waals surface area contributed by atoms with Crippen molar-refractivity contribution in [2.24, 2.45) is 0 Å². The van der Waals surface area contributed by atoms with Crippen molar-refractivity contribution < 1.29 is 4.74 Å². The molecule has 1 aromatic rings. The van der Waals surface area contributed by atoms with Crippen LogP contribution in [-0.4, -0.2) is 19.7 Å². The van der Waals surface area contributed by atoms with E-state index in [1.54, 1.807) is 0 Å². The van der Waals surface area contributed by atoms with Gasteiger partial charge in [0.05, 0.1) is 5.02 Å². The van der Waals surface area contributed by atoms with E-state index in [0.29, 0.717) is 11.6 Å². The summed E-state index contributed by atoms with van der Waals surface area (Å²) in [5.41, 5.74) is 1.15. The van der Waals surface area contributed by atoms with Crippen LogP contribution in [0.15, 0.2) is 30.9 Å². The predicted octanol–water partition coefficient (Wildman–Crippen LogP) is 2.80. The summed E-state index contributed by atoms with van der Waals surface area (Å²) in [7, 11) is 0. The maximum atomic E-state index is 5.97. The second-order valence-corrected chi connectivity index (χ2v) is 3.68. The van der Waals surface area contributed by atoms with Gasteiger partial charge in [0, 0.05) is 13.1 Å². The van der Waals surface area contributed by atoms with E-state index in [4.69, 9.17) is 16.3 Å². The van der Waals surface area contributed by atoms with Gasteiger partial charge in [-0.05, 0) is 24.6 Å². The summed E-state index contributed by atoms with van der Waals surface area (Å²) in [4.78, 5) is 0. The van der Waals surface area contributed by atoms with Crippen LogP contribution in [0.4, 0.5) is 0 Å². The van der Waals surface area contributed by atoms with E-state index >= 15 is 0 Å². The molecule has 1 aromatic carbocycles. The van der Waals surface area contributed by atoms with E-state index in [1.165, 1.54) is 0 Å². The molecule has 15 heavy (non-hydrogen) atoms. The predicted molar refractivity (Wildman–Crippen MR) is 64.8 cm³/mol. The Labute approximate surface area is 95.9 Å². The van der Waals surface area contributed by atoms with Crippen LogP contribution in [0.25, 0.3) is 0 Å². The normalized spacial score (nSPS) is 10.0. The zero-order valence-electron chi connectivity index (χ0n) is 8.92.